The van der Waals surface area contributed by atoms with Crippen molar-refractivity contribution in [2.24, 2.45) is 0 Å². The number of rotatable bonds is 8. The zero-order valence-corrected chi connectivity index (χ0v) is 19.7. The predicted octanol–water partition coefficient (Wildman–Crippen LogP) is 5.48. The summed E-state index contributed by atoms with van der Waals surface area (Å²) >= 11 is 0. The van der Waals surface area contributed by atoms with Crippen LogP contribution in [0.25, 0.3) is 0 Å². The van der Waals surface area contributed by atoms with Gasteiger partial charge in [-0.25, -0.2) is 12.8 Å². The Hall–Kier alpha value is -4.17. The number of nitrogens with one attached hydrogen (secondary N) is 1. The van der Waals surface area contributed by atoms with Crippen molar-refractivity contribution < 1.29 is 22.3 Å². The number of benzene rings is 4. The number of hydrogen-bond donors (Lipinski definition) is 1. The van der Waals surface area contributed by atoms with E-state index in [4.69, 9.17) is 4.74 Å². The van der Waals surface area contributed by atoms with Crippen LogP contribution in [0.15, 0.2) is 108 Å². The smallest absolute Gasteiger partial charge is 0.266 e. The molecule has 1 N–H and O–H groups in total. The van der Waals surface area contributed by atoms with Gasteiger partial charge >= 0.3 is 0 Å². The normalized spacial score (nSPS) is 11.0. The largest absolute Gasteiger partial charge is 0.489 e. The maximum atomic E-state index is 14.0. The maximum absolute atomic E-state index is 14.0. The van der Waals surface area contributed by atoms with Crippen LogP contribution in [0.3, 0.4) is 0 Å². The Morgan fingerprint density at radius 1 is 0.857 bits per heavy atom. The van der Waals surface area contributed by atoms with Gasteiger partial charge in [-0.2, -0.15) is 0 Å². The van der Waals surface area contributed by atoms with Crippen molar-refractivity contribution in [1.82, 2.24) is 0 Å². The molecule has 0 atom stereocenters. The van der Waals surface area contributed by atoms with Crippen LogP contribution in [-0.4, -0.2) is 21.4 Å². The van der Waals surface area contributed by atoms with Crippen molar-refractivity contribution in [3.63, 3.8) is 0 Å². The number of sulfonamides is 1. The van der Waals surface area contributed by atoms with Gasteiger partial charge in [0.1, 0.15) is 23.1 Å². The minimum absolute atomic E-state index is 0.200. The second-order valence-electron chi connectivity index (χ2n) is 7.70. The fraction of sp³-hybridized carbons (Fsp3) is 0.0741. The Kier molecular flexibility index (Phi) is 7.12. The van der Waals surface area contributed by atoms with Crippen LogP contribution in [0.5, 0.6) is 5.75 Å². The number of halogens is 1. The lowest BCUT2D eigenvalue weighted by Gasteiger charge is -2.20. The van der Waals surface area contributed by atoms with E-state index < -0.39 is 15.8 Å². The highest BCUT2D eigenvalue weighted by molar-refractivity contribution is 7.92. The van der Waals surface area contributed by atoms with Gasteiger partial charge in [-0.1, -0.05) is 42.5 Å². The van der Waals surface area contributed by atoms with Crippen LogP contribution < -0.4 is 14.4 Å². The van der Waals surface area contributed by atoms with Gasteiger partial charge in [0.25, 0.3) is 15.9 Å². The van der Waals surface area contributed by atoms with E-state index in [1.165, 1.54) is 25.2 Å². The standard InChI is InChI=1S/C27H23FN2O4S/c1-30(35(32,33)26-10-6-5-9-25(26)28)23-15-17-24(18-16-23)34-19-20-11-13-21(14-12-20)27(31)29-22-7-3-2-4-8-22/h2-18H,19H2,1H3,(H,29,31). The first-order chi connectivity index (χ1) is 16.8. The molecule has 0 aliphatic carbocycles. The van der Waals surface area contributed by atoms with Crippen molar-refractivity contribution in [1.29, 1.82) is 0 Å². The lowest BCUT2D eigenvalue weighted by molar-refractivity contribution is 0.102. The Morgan fingerprint density at radius 2 is 1.49 bits per heavy atom. The first kappa shape index (κ1) is 24.0. The number of para-hydroxylation sites is 1. The van der Waals surface area contributed by atoms with Crippen LogP contribution in [0.2, 0.25) is 0 Å². The molecule has 0 aromatic heterocycles. The lowest BCUT2D eigenvalue weighted by atomic mass is 10.1. The summed E-state index contributed by atoms with van der Waals surface area (Å²) in [5.74, 6) is -0.465. The first-order valence-corrected chi connectivity index (χ1v) is 12.2. The number of carbonyl (C=O) groups is 1. The van der Waals surface area contributed by atoms with Crippen molar-refractivity contribution in [2.45, 2.75) is 11.5 Å². The Bertz CT molecular complexity index is 1410. The fourth-order valence-electron chi connectivity index (χ4n) is 3.34. The van der Waals surface area contributed by atoms with E-state index in [1.807, 2.05) is 42.5 Å². The molecule has 0 heterocycles. The summed E-state index contributed by atoms with van der Waals surface area (Å²) in [6.07, 6.45) is 0. The van der Waals surface area contributed by atoms with Crippen LogP contribution >= 0.6 is 0 Å². The molecule has 1 amide bonds. The molecule has 4 aromatic carbocycles. The average molecular weight is 491 g/mol. The highest BCUT2D eigenvalue weighted by atomic mass is 32.2. The number of nitrogens with zero attached hydrogens (tertiary/aromatic N) is 1. The molecular formula is C27H23FN2O4S. The van der Waals surface area contributed by atoms with Crippen molar-refractivity contribution >= 4 is 27.3 Å². The van der Waals surface area contributed by atoms with E-state index in [1.54, 1.807) is 36.4 Å². The zero-order valence-electron chi connectivity index (χ0n) is 18.9. The molecule has 178 valence electrons. The van der Waals surface area contributed by atoms with Gasteiger partial charge in [-0.15, -0.1) is 0 Å². The van der Waals surface area contributed by atoms with Crippen molar-refractivity contribution in [2.75, 3.05) is 16.7 Å². The van der Waals surface area contributed by atoms with E-state index >= 15 is 0 Å². The molecular weight excluding hydrogens is 467 g/mol. The molecule has 0 bridgehead atoms. The molecule has 0 saturated carbocycles. The average Bonchev–Trinajstić information content (AvgIpc) is 2.88. The van der Waals surface area contributed by atoms with Crippen LogP contribution in [0.1, 0.15) is 15.9 Å². The molecule has 0 aliphatic heterocycles. The molecule has 0 unspecified atom stereocenters. The summed E-state index contributed by atoms with van der Waals surface area (Å²) in [6, 6.07) is 28.0. The number of amides is 1. The van der Waals surface area contributed by atoms with E-state index in [2.05, 4.69) is 5.32 Å². The number of ether oxygens (including phenoxy) is 1. The van der Waals surface area contributed by atoms with E-state index in [0.717, 1.165) is 21.6 Å². The fourth-order valence-corrected chi connectivity index (χ4v) is 4.60. The molecule has 6 nitrogen and oxygen atoms in total. The number of anilines is 2. The molecule has 0 radical (unpaired) electrons. The van der Waals surface area contributed by atoms with Crippen molar-refractivity contribution in [3.8, 4) is 5.75 Å². The summed E-state index contributed by atoms with van der Waals surface area (Å²) in [5.41, 5.74) is 2.49. The number of hydrogen-bond acceptors (Lipinski definition) is 4. The van der Waals surface area contributed by atoms with E-state index in [0.29, 0.717) is 17.0 Å². The molecule has 4 rings (SSSR count). The summed E-state index contributed by atoms with van der Waals surface area (Å²) in [5, 5.41) is 2.84. The van der Waals surface area contributed by atoms with Gasteiger partial charge in [-0.3, -0.25) is 9.10 Å². The lowest BCUT2D eigenvalue weighted by Crippen LogP contribution is -2.27. The van der Waals surface area contributed by atoms with Gasteiger partial charge in [0.15, 0.2) is 0 Å². The third-order valence-electron chi connectivity index (χ3n) is 5.33. The molecule has 0 saturated heterocycles. The van der Waals surface area contributed by atoms with Gasteiger partial charge < -0.3 is 10.1 Å². The Balaban J connectivity index is 1.36. The van der Waals surface area contributed by atoms with E-state index in [-0.39, 0.29) is 17.4 Å². The third kappa shape index (κ3) is 5.67. The molecule has 4 aromatic rings. The zero-order chi connectivity index (χ0) is 24.8. The maximum Gasteiger partial charge on any atom is 0.266 e. The first-order valence-electron chi connectivity index (χ1n) is 10.8. The van der Waals surface area contributed by atoms with Crippen LogP contribution in [0.4, 0.5) is 15.8 Å². The molecule has 0 aliphatic rings. The van der Waals surface area contributed by atoms with E-state index in [9.17, 15) is 17.6 Å². The number of carbonyl (C=O) groups excluding carboxylic acids is 1. The van der Waals surface area contributed by atoms with Gasteiger partial charge in [-0.05, 0) is 66.2 Å². The van der Waals surface area contributed by atoms with Crippen LogP contribution in [0, 0.1) is 5.82 Å². The van der Waals surface area contributed by atoms with Crippen molar-refractivity contribution in [3.05, 3.63) is 120 Å². The molecule has 0 fully saturated rings. The van der Waals surface area contributed by atoms with Gasteiger partial charge in [0, 0.05) is 18.3 Å². The minimum atomic E-state index is -4.04. The molecule has 0 spiro atoms. The monoisotopic (exact) mass is 490 g/mol. The van der Waals surface area contributed by atoms with Gasteiger partial charge in [0.05, 0.1) is 5.69 Å². The molecule has 8 heteroatoms. The Morgan fingerprint density at radius 3 is 2.14 bits per heavy atom. The Labute approximate surface area is 203 Å². The topological polar surface area (TPSA) is 75.7 Å². The summed E-state index contributed by atoms with van der Waals surface area (Å²) in [4.78, 5) is 12.0. The van der Waals surface area contributed by atoms with Crippen LogP contribution in [-0.2, 0) is 16.6 Å². The predicted molar refractivity (Wildman–Crippen MR) is 134 cm³/mol. The minimum Gasteiger partial charge on any atom is -0.489 e. The van der Waals surface area contributed by atoms with Gasteiger partial charge in [0.2, 0.25) is 0 Å². The second-order valence-corrected chi connectivity index (χ2v) is 9.64. The quantitative estimate of drug-likeness (QED) is 0.355. The SMILES string of the molecule is CN(c1ccc(OCc2ccc(C(=O)Nc3ccccc3)cc2)cc1)S(=O)(=O)c1ccccc1F. The second kappa shape index (κ2) is 10.4. The molecule has 35 heavy (non-hydrogen) atoms. The highest BCUT2D eigenvalue weighted by Gasteiger charge is 2.24. The summed E-state index contributed by atoms with van der Waals surface area (Å²) in [6.45, 7) is 0.267. The third-order valence-corrected chi connectivity index (χ3v) is 7.15. The summed E-state index contributed by atoms with van der Waals surface area (Å²) < 4.78 is 46.3. The highest BCUT2D eigenvalue weighted by Crippen LogP contribution is 2.26. The summed E-state index contributed by atoms with van der Waals surface area (Å²) in [7, 11) is -2.67.